The molecule has 0 saturated heterocycles. The lowest BCUT2D eigenvalue weighted by atomic mass is 9.97. The van der Waals surface area contributed by atoms with E-state index in [2.05, 4.69) is 20.3 Å². The predicted molar refractivity (Wildman–Crippen MR) is 105 cm³/mol. The van der Waals surface area contributed by atoms with E-state index in [0.29, 0.717) is 33.7 Å². The van der Waals surface area contributed by atoms with Crippen LogP contribution in [-0.2, 0) is 0 Å². The largest absolute Gasteiger partial charge is 0.373 e. The molecule has 0 radical (unpaired) electrons. The molecule has 0 aliphatic rings. The number of anilines is 1. The first-order valence-corrected chi connectivity index (χ1v) is 8.48. The van der Waals surface area contributed by atoms with Crippen LogP contribution in [0.4, 0.5) is 10.2 Å². The second-order valence-corrected chi connectivity index (χ2v) is 6.08. The average molecular weight is 371 g/mol. The second kappa shape index (κ2) is 6.93. The predicted octanol–water partition coefficient (Wildman–Crippen LogP) is 3.70. The normalized spacial score (nSPS) is 10.6. The zero-order valence-electron chi connectivity index (χ0n) is 14.8. The number of aromatic nitrogens is 3. The van der Waals surface area contributed by atoms with Crippen LogP contribution in [0.15, 0.2) is 59.7 Å². The maximum Gasteiger partial charge on any atom is 0.191 e. The van der Waals surface area contributed by atoms with Crippen LogP contribution < -0.4 is 10.7 Å². The van der Waals surface area contributed by atoms with E-state index < -0.39 is 5.82 Å². The Balaban J connectivity index is 2.10. The van der Waals surface area contributed by atoms with E-state index in [9.17, 15) is 14.4 Å². The summed E-state index contributed by atoms with van der Waals surface area (Å²) < 4.78 is 14.9. The molecule has 3 aromatic heterocycles. The summed E-state index contributed by atoms with van der Waals surface area (Å²) >= 11 is 0. The Labute approximate surface area is 159 Å². The number of halogens is 1. The van der Waals surface area contributed by atoms with Crippen molar-refractivity contribution in [2.75, 3.05) is 12.4 Å². The number of aromatic amines is 1. The molecule has 4 rings (SSSR count). The maximum absolute atomic E-state index is 14.9. The van der Waals surface area contributed by atoms with Gasteiger partial charge in [0.1, 0.15) is 23.4 Å². The van der Waals surface area contributed by atoms with Crippen LogP contribution in [0.1, 0.15) is 5.56 Å². The van der Waals surface area contributed by atoms with E-state index in [1.807, 2.05) is 6.07 Å². The van der Waals surface area contributed by atoms with Crippen LogP contribution in [0.2, 0.25) is 0 Å². The summed E-state index contributed by atoms with van der Waals surface area (Å²) in [7, 11) is 1.74. The number of hydrogen-bond acceptors (Lipinski definition) is 5. The van der Waals surface area contributed by atoms with Crippen molar-refractivity contribution in [1.29, 1.82) is 5.26 Å². The number of benzene rings is 1. The molecular weight excluding hydrogens is 357 g/mol. The summed E-state index contributed by atoms with van der Waals surface area (Å²) in [6, 6.07) is 13.1. The molecule has 0 bridgehead atoms. The van der Waals surface area contributed by atoms with Gasteiger partial charge in [0.2, 0.25) is 0 Å². The van der Waals surface area contributed by atoms with E-state index in [1.54, 1.807) is 43.6 Å². The third kappa shape index (κ3) is 2.87. The quantitative estimate of drug-likeness (QED) is 0.573. The van der Waals surface area contributed by atoms with E-state index >= 15 is 0 Å². The van der Waals surface area contributed by atoms with Crippen molar-refractivity contribution in [2.24, 2.45) is 0 Å². The van der Waals surface area contributed by atoms with Gasteiger partial charge in [0, 0.05) is 36.6 Å². The fourth-order valence-corrected chi connectivity index (χ4v) is 3.06. The molecule has 0 spiro atoms. The minimum Gasteiger partial charge on any atom is -0.373 e. The van der Waals surface area contributed by atoms with Gasteiger partial charge in [-0.25, -0.2) is 14.4 Å². The summed E-state index contributed by atoms with van der Waals surface area (Å²) in [5, 5.41) is 12.5. The summed E-state index contributed by atoms with van der Waals surface area (Å²) in [6.45, 7) is 0. The Hall–Kier alpha value is -4.05. The molecule has 0 atom stereocenters. The number of rotatable bonds is 3. The Morgan fingerprint density at radius 1 is 1.18 bits per heavy atom. The number of hydrogen-bond donors (Lipinski definition) is 2. The van der Waals surface area contributed by atoms with Gasteiger partial charge < -0.3 is 10.3 Å². The minimum atomic E-state index is -0.653. The molecule has 1 aromatic carbocycles. The van der Waals surface area contributed by atoms with E-state index in [-0.39, 0.29) is 16.6 Å². The second-order valence-electron chi connectivity index (χ2n) is 6.08. The van der Waals surface area contributed by atoms with Gasteiger partial charge in [-0.1, -0.05) is 6.07 Å². The summed E-state index contributed by atoms with van der Waals surface area (Å²) in [5.41, 5.74) is 1.88. The van der Waals surface area contributed by atoms with Gasteiger partial charge in [0.25, 0.3) is 0 Å². The molecular formula is C21H14FN5O. The SMILES string of the molecule is CNc1cc(-c2cc3c(=O)cc[nH]c3nc2-c2cccc(C#N)c2F)ccn1. The zero-order chi connectivity index (χ0) is 19.7. The first-order chi connectivity index (χ1) is 13.6. The topological polar surface area (TPSA) is 94.5 Å². The smallest absolute Gasteiger partial charge is 0.191 e. The molecule has 3 heterocycles. The third-order valence-corrected chi connectivity index (χ3v) is 4.44. The van der Waals surface area contributed by atoms with Gasteiger partial charge in [-0.2, -0.15) is 5.26 Å². The van der Waals surface area contributed by atoms with Crippen LogP contribution in [0.25, 0.3) is 33.4 Å². The lowest BCUT2D eigenvalue weighted by Gasteiger charge is -2.13. The fourth-order valence-electron chi connectivity index (χ4n) is 3.06. The monoisotopic (exact) mass is 371 g/mol. The number of nitrogens with zero attached hydrogens (tertiary/aromatic N) is 3. The van der Waals surface area contributed by atoms with Gasteiger partial charge >= 0.3 is 0 Å². The third-order valence-electron chi connectivity index (χ3n) is 4.44. The molecule has 2 N–H and O–H groups in total. The maximum atomic E-state index is 14.9. The molecule has 4 aromatic rings. The summed E-state index contributed by atoms with van der Waals surface area (Å²) in [4.78, 5) is 23.9. The number of nitrogens with one attached hydrogen (secondary N) is 2. The first kappa shape index (κ1) is 17.4. The van der Waals surface area contributed by atoms with E-state index in [1.165, 1.54) is 18.3 Å². The van der Waals surface area contributed by atoms with Crippen molar-refractivity contribution in [3.05, 3.63) is 76.5 Å². The Bertz CT molecular complexity index is 1310. The van der Waals surface area contributed by atoms with Gasteiger partial charge in [-0.05, 0) is 35.9 Å². The van der Waals surface area contributed by atoms with Crippen molar-refractivity contribution in [3.8, 4) is 28.5 Å². The fraction of sp³-hybridized carbons (Fsp3) is 0.0476. The summed E-state index contributed by atoms with van der Waals surface area (Å²) in [5.74, 6) is -0.0314. The van der Waals surface area contributed by atoms with Gasteiger partial charge in [-0.15, -0.1) is 0 Å². The molecule has 136 valence electrons. The molecule has 0 aliphatic carbocycles. The number of fused-ring (bicyclic) bond motifs is 1. The molecule has 0 saturated carbocycles. The first-order valence-electron chi connectivity index (χ1n) is 8.48. The Morgan fingerprint density at radius 2 is 2.04 bits per heavy atom. The number of H-pyrrole nitrogens is 1. The highest BCUT2D eigenvalue weighted by molar-refractivity contribution is 5.90. The average Bonchev–Trinajstić information content (AvgIpc) is 2.73. The van der Waals surface area contributed by atoms with E-state index in [4.69, 9.17) is 0 Å². The zero-order valence-corrected chi connectivity index (χ0v) is 14.8. The molecule has 0 aliphatic heterocycles. The highest BCUT2D eigenvalue weighted by Crippen LogP contribution is 2.34. The summed E-state index contributed by atoms with van der Waals surface area (Å²) in [6.07, 6.45) is 3.11. The van der Waals surface area contributed by atoms with Crippen molar-refractivity contribution < 1.29 is 4.39 Å². The molecule has 0 amide bonds. The highest BCUT2D eigenvalue weighted by Gasteiger charge is 2.18. The Kier molecular flexibility index (Phi) is 4.30. The van der Waals surface area contributed by atoms with Crippen LogP contribution >= 0.6 is 0 Å². The van der Waals surface area contributed by atoms with Crippen LogP contribution in [-0.4, -0.2) is 22.0 Å². The van der Waals surface area contributed by atoms with E-state index in [0.717, 1.165) is 0 Å². The molecule has 0 unspecified atom stereocenters. The highest BCUT2D eigenvalue weighted by atomic mass is 19.1. The van der Waals surface area contributed by atoms with Gasteiger partial charge in [-0.3, -0.25) is 4.79 Å². The minimum absolute atomic E-state index is 0.0717. The molecule has 7 heteroatoms. The number of pyridine rings is 3. The molecule has 0 fully saturated rings. The van der Waals surface area contributed by atoms with Crippen molar-refractivity contribution in [1.82, 2.24) is 15.0 Å². The van der Waals surface area contributed by atoms with Gasteiger partial charge in [0.05, 0.1) is 16.6 Å². The van der Waals surface area contributed by atoms with Crippen molar-refractivity contribution in [3.63, 3.8) is 0 Å². The van der Waals surface area contributed by atoms with Crippen LogP contribution in [0.3, 0.4) is 0 Å². The molecule has 6 nitrogen and oxygen atoms in total. The van der Waals surface area contributed by atoms with Crippen LogP contribution in [0, 0.1) is 17.1 Å². The standard InChI is InChI=1S/C21H14FN5O/c1-24-18-9-12(5-7-25-18)15-10-16-17(28)6-8-26-21(16)27-20(15)14-4-2-3-13(11-23)19(14)22/h2-10H,1H3,(H,24,25)(H,26,27,28). The number of nitriles is 1. The lowest BCUT2D eigenvalue weighted by Crippen LogP contribution is -2.04. The van der Waals surface area contributed by atoms with Crippen molar-refractivity contribution in [2.45, 2.75) is 0 Å². The lowest BCUT2D eigenvalue weighted by molar-refractivity contribution is 0.627. The van der Waals surface area contributed by atoms with Gasteiger partial charge in [0.15, 0.2) is 5.43 Å². The Morgan fingerprint density at radius 3 is 2.82 bits per heavy atom. The van der Waals surface area contributed by atoms with Crippen molar-refractivity contribution >= 4 is 16.9 Å². The molecule has 28 heavy (non-hydrogen) atoms. The van der Waals surface area contributed by atoms with Crippen LogP contribution in [0.5, 0.6) is 0 Å².